The number of pyridine rings is 2. The highest BCUT2D eigenvalue weighted by Gasteiger charge is 2.18. The zero-order chi connectivity index (χ0) is 19.5. The predicted octanol–water partition coefficient (Wildman–Crippen LogP) is 5.60. The van der Waals surface area contributed by atoms with Crippen molar-refractivity contribution in [3.8, 4) is 17.0 Å². The van der Waals surface area contributed by atoms with Crippen molar-refractivity contribution in [2.24, 2.45) is 0 Å². The molecule has 0 aliphatic heterocycles. The molecule has 0 atom stereocenters. The average molecular weight is 379 g/mol. The minimum absolute atomic E-state index is 0.0173. The van der Waals surface area contributed by atoms with Crippen molar-refractivity contribution in [1.29, 1.82) is 0 Å². The van der Waals surface area contributed by atoms with Crippen LogP contribution in [0.1, 0.15) is 34.6 Å². The van der Waals surface area contributed by atoms with Crippen molar-refractivity contribution in [3.05, 3.63) is 42.5 Å². The van der Waals surface area contributed by atoms with Gasteiger partial charge >= 0.3 is 0 Å². The third kappa shape index (κ3) is 4.52. The lowest BCUT2D eigenvalue weighted by Gasteiger charge is -2.19. The molecular weight excluding hydrogens is 356 g/mol. The van der Waals surface area contributed by atoms with E-state index in [4.69, 9.17) is 4.74 Å². The van der Waals surface area contributed by atoms with E-state index >= 15 is 0 Å². The Morgan fingerprint density at radius 2 is 1.69 bits per heavy atom. The maximum Gasteiger partial charge on any atom is 0.216 e. The summed E-state index contributed by atoms with van der Waals surface area (Å²) in [5.41, 5.74) is 1.60. The van der Waals surface area contributed by atoms with Crippen molar-refractivity contribution in [3.63, 3.8) is 0 Å². The van der Waals surface area contributed by atoms with E-state index in [1.165, 1.54) is 12.1 Å². The van der Waals surface area contributed by atoms with Crippen LogP contribution in [0.15, 0.2) is 35.5 Å². The largest absolute Gasteiger partial charge is 0.495 e. The van der Waals surface area contributed by atoms with Gasteiger partial charge < -0.3 is 4.74 Å². The smallest absolute Gasteiger partial charge is 0.216 e. The minimum Gasteiger partial charge on any atom is -0.495 e. The van der Waals surface area contributed by atoms with Crippen LogP contribution in [0.3, 0.4) is 0 Å². The SMILES string of the molecule is CC.COc1cc2ncc(-c3cc(F)nc(F)c3)n2cc1SC(C)(C)C. The van der Waals surface area contributed by atoms with Crippen LogP contribution in [0.2, 0.25) is 0 Å². The van der Waals surface area contributed by atoms with Gasteiger partial charge in [-0.25, -0.2) is 4.98 Å². The van der Waals surface area contributed by atoms with Gasteiger partial charge in [0.25, 0.3) is 0 Å². The number of halogens is 2. The van der Waals surface area contributed by atoms with E-state index in [1.807, 2.05) is 26.1 Å². The quantitative estimate of drug-likeness (QED) is 0.439. The lowest BCUT2D eigenvalue weighted by atomic mass is 10.2. The Labute approximate surface area is 156 Å². The van der Waals surface area contributed by atoms with Crippen LogP contribution < -0.4 is 4.74 Å². The van der Waals surface area contributed by atoms with Gasteiger partial charge in [0.15, 0.2) is 0 Å². The Kier molecular flexibility index (Phi) is 6.23. The van der Waals surface area contributed by atoms with E-state index in [1.54, 1.807) is 29.5 Å². The second-order valence-corrected chi connectivity index (χ2v) is 8.16. The minimum atomic E-state index is -0.863. The highest BCUT2D eigenvalue weighted by Crippen LogP contribution is 2.39. The molecule has 0 N–H and O–H groups in total. The second kappa shape index (κ2) is 8.03. The molecule has 3 rings (SSSR count). The fourth-order valence-electron chi connectivity index (χ4n) is 2.38. The molecule has 26 heavy (non-hydrogen) atoms. The molecule has 140 valence electrons. The molecule has 3 heterocycles. The van der Waals surface area contributed by atoms with Gasteiger partial charge in [-0.2, -0.15) is 13.8 Å². The van der Waals surface area contributed by atoms with Crippen molar-refractivity contribution >= 4 is 17.4 Å². The maximum atomic E-state index is 13.4. The van der Waals surface area contributed by atoms with Crippen LogP contribution in [-0.2, 0) is 0 Å². The lowest BCUT2D eigenvalue weighted by molar-refractivity contribution is 0.404. The summed E-state index contributed by atoms with van der Waals surface area (Å²) in [5.74, 6) is -1.01. The van der Waals surface area contributed by atoms with Gasteiger partial charge in [-0.05, 0) is 0 Å². The monoisotopic (exact) mass is 379 g/mol. The summed E-state index contributed by atoms with van der Waals surface area (Å²) in [6.07, 6.45) is 3.46. The highest BCUT2D eigenvalue weighted by atomic mass is 32.2. The lowest BCUT2D eigenvalue weighted by Crippen LogP contribution is -2.07. The molecule has 0 spiro atoms. The fraction of sp³-hybridized carbons (Fsp3) is 0.368. The molecule has 0 bridgehead atoms. The van der Waals surface area contributed by atoms with Crippen molar-refractivity contribution in [1.82, 2.24) is 14.4 Å². The van der Waals surface area contributed by atoms with E-state index in [2.05, 4.69) is 30.7 Å². The Morgan fingerprint density at radius 3 is 2.23 bits per heavy atom. The van der Waals surface area contributed by atoms with Crippen molar-refractivity contribution < 1.29 is 13.5 Å². The molecule has 3 aromatic heterocycles. The zero-order valence-corrected chi connectivity index (χ0v) is 16.6. The number of imidazole rings is 1. The number of rotatable bonds is 3. The highest BCUT2D eigenvalue weighted by molar-refractivity contribution is 8.00. The summed E-state index contributed by atoms with van der Waals surface area (Å²) >= 11 is 1.65. The van der Waals surface area contributed by atoms with Gasteiger partial charge in [-0.15, -0.1) is 11.8 Å². The second-order valence-electron chi connectivity index (χ2n) is 6.29. The molecule has 0 saturated heterocycles. The summed E-state index contributed by atoms with van der Waals surface area (Å²) < 4.78 is 34.1. The fourth-order valence-corrected chi connectivity index (χ4v) is 3.44. The van der Waals surface area contributed by atoms with Crippen LogP contribution in [0, 0.1) is 11.9 Å². The van der Waals surface area contributed by atoms with Crippen LogP contribution in [0.25, 0.3) is 16.9 Å². The van der Waals surface area contributed by atoms with Gasteiger partial charge in [0, 0.05) is 34.7 Å². The van der Waals surface area contributed by atoms with E-state index in [9.17, 15) is 8.78 Å². The first-order chi connectivity index (χ1) is 12.3. The van der Waals surface area contributed by atoms with Crippen LogP contribution in [0.5, 0.6) is 5.75 Å². The van der Waals surface area contributed by atoms with Gasteiger partial charge in [0.2, 0.25) is 11.9 Å². The Hall–Kier alpha value is -2.15. The zero-order valence-electron chi connectivity index (χ0n) is 15.8. The molecule has 4 nitrogen and oxygen atoms in total. The van der Waals surface area contributed by atoms with Gasteiger partial charge in [-0.3, -0.25) is 4.40 Å². The molecule has 0 aliphatic carbocycles. The first-order valence-electron chi connectivity index (χ1n) is 8.34. The summed E-state index contributed by atoms with van der Waals surface area (Å²) in [5, 5.41) is 0. The molecule has 0 fully saturated rings. The number of aromatic nitrogens is 3. The standard InChI is InChI=1S/C17H17F2N3OS.C2H6/c1-17(2,3)24-13-9-22-11(8-20-16(22)7-12(13)23-4)10-5-14(18)21-15(19)6-10;1-2/h5-9H,1-4H3;1-2H3. The van der Waals surface area contributed by atoms with Crippen LogP contribution in [0.4, 0.5) is 8.78 Å². The Balaban J connectivity index is 0.00000117. The Morgan fingerprint density at radius 1 is 1.08 bits per heavy atom. The van der Waals surface area contributed by atoms with Crippen molar-refractivity contribution in [2.75, 3.05) is 7.11 Å². The summed E-state index contributed by atoms with van der Waals surface area (Å²) in [7, 11) is 1.61. The average Bonchev–Trinajstić information content (AvgIpc) is 2.96. The number of ether oxygens (including phenoxy) is 1. The third-order valence-electron chi connectivity index (χ3n) is 3.27. The van der Waals surface area contributed by atoms with Crippen molar-refractivity contribution in [2.45, 2.75) is 44.3 Å². The molecule has 0 unspecified atom stereocenters. The third-order valence-corrected chi connectivity index (χ3v) is 4.41. The molecular formula is C19H23F2N3OS. The van der Waals surface area contributed by atoms with E-state index in [0.717, 1.165) is 4.90 Å². The number of thioether (sulfide) groups is 1. The van der Waals surface area contributed by atoms with E-state index in [0.29, 0.717) is 22.7 Å². The number of hydrogen-bond donors (Lipinski definition) is 0. The predicted molar refractivity (Wildman–Crippen MR) is 102 cm³/mol. The number of methoxy groups -OCH3 is 1. The van der Waals surface area contributed by atoms with Gasteiger partial charge in [0.05, 0.1) is 23.9 Å². The molecule has 3 aromatic rings. The summed E-state index contributed by atoms with van der Waals surface area (Å²) in [6, 6.07) is 4.19. The molecule has 7 heteroatoms. The topological polar surface area (TPSA) is 39.4 Å². The first-order valence-corrected chi connectivity index (χ1v) is 9.16. The normalized spacial score (nSPS) is 11.2. The van der Waals surface area contributed by atoms with Gasteiger partial charge in [0.1, 0.15) is 11.4 Å². The van der Waals surface area contributed by atoms with Crippen LogP contribution >= 0.6 is 11.8 Å². The molecule has 0 aromatic carbocycles. The Bertz CT molecular complexity index is 883. The van der Waals surface area contributed by atoms with Gasteiger partial charge in [-0.1, -0.05) is 34.6 Å². The molecule has 0 aliphatic rings. The maximum absolute atomic E-state index is 13.4. The summed E-state index contributed by atoms with van der Waals surface area (Å²) in [4.78, 5) is 8.36. The van der Waals surface area contributed by atoms with E-state index < -0.39 is 11.9 Å². The van der Waals surface area contributed by atoms with Crippen LogP contribution in [-0.4, -0.2) is 26.2 Å². The molecule has 0 radical (unpaired) electrons. The molecule has 0 amide bonds. The summed E-state index contributed by atoms with van der Waals surface area (Å²) in [6.45, 7) is 10.3. The number of nitrogens with zero attached hydrogens (tertiary/aromatic N) is 3. The van der Waals surface area contributed by atoms with E-state index in [-0.39, 0.29) is 4.75 Å². The number of fused-ring (bicyclic) bond motifs is 1. The first kappa shape index (κ1) is 20.2. The number of hydrogen-bond acceptors (Lipinski definition) is 4. The molecule has 0 saturated carbocycles.